The molecule has 0 spiro atoms. The molecule has 1 aromatic carbocycles. The van der Waals surface area contributed by atoms with Crippen molar-refractivity contribution in [2.24, 2.45) is 0 Å². The first-order chi connectivity index (χ1) is 9.98. The average molecular weight is 286 g/mol. The van der Waals surface area contributed by atoms with Crippen LogP contribution >= 0.6 is 0 Å². The van der Waals surface area contributed by atoms with Gasteiger partial charge in [-0.2, -0.15) is 0 Å². The number of nitrogens with zero attached hydrogens (tertiary/aromatic N) is 2. The highest BCUT2D eigenvalue weighted by molar-refractivity contribution is 5.61. The summed E-state index contributed by atoms with van der Waals surface area (Å²) < 4.78 is 0. The Kier molecular flexibility index (Phi) is 4.75. The first-order valence-corrected chi connectivity index (χ1v) is 7.12. The summed E-state index contributed by atoms with van der Waals surface area (Å²) in [6.07, 6.45) is 0. The highest BCUT2D eigenvalue weighted by atomic mass is 16.3. The second-order valence-corrected chi connectivity index (χ2v) is 5.52. The molecule has 0 atom stereocenters. The van der Waals surface area contributed by atoms with Gasteiger partial charge in [0.25, 0.3) is 0 Å². The molecule has 0 saturated heterocycles. The summed E-state index contributed by atoms with van der Waals surface area (Å²) in [5.41, 5.74) is 0.166. The van der Waals surface area contributed by atoms with Gasteiger partial charge in [-0.25, -0.2) is 9.97 Å². The van der Waals surface area contributed by atoms with Gasteiger partial charge < -0.3 is 15.7 Å². The number of benzene rings is 1. The van der Waals surface area contributed by atoms with Crippen LogP contribution in [0.25, 0.3) is 11.4 Å². The van der Waals surface area contributed by atoms with Crippen molar-refractivity contribution in [3.05, 3.63) is 36.4 Å². The molecule has 21 heavy (non-hydrogen) atoms. The number of rotatable bonds is 6. The Morgan fingerprint density at radius 1 is 1.05 bits per heavy atom. The first-order valence-electron chi connectivity index (χ1n) is 7.12. The Morgan fingerprint density at radius 2 is 1.67 bits per heavy atom. The second-order valence-electron chi connectivity index (χ2n) is 5.52. The van der Waals surface area contributed by atoms with Crippen LogP contribution < -0.4 is 10.6 Å². The quantitative estimate of drug-likeness (QED) is 0.761. The molecule has 5 heteroatoms. The Balaban J connectivity index is 2.30. The fourth-order valence-electron chi connectivity index (χ4n) is 1.83. The smallest absolute Gasteiger partial charge is 0.163 e. The van der Waals surface area contributed by atoms with Gasteiger partial charge in [-0.3, -0.25) is 0 Å². The minimum Gasteiger partial charge on any atom is -0.389 e. The minimum atomic E-state index is -0.795. The van der Waals surface area contributed by atoms with Gasteiger partial charge in [-0.1, -0.05) is 30.3 Å². The van der Waals surface area contributed by atoms with Crippen molar-refractivity contribution in [2.75, 3.05) is 23.7 Å². The molecule has 2 aromatic rings. The number of aliphatic hydroxyl groups is 1. The van der Waals surface area contributed by atoms with Crippen molar-refractivity contribution in [1.29, 1.82) is 0 Å². The van der Waals surface area contributed by atoms with Gasteiger partial charge in [0.1, 0.15) is 11.6 Å². The molecule has 3 N–H and O–H groups in total. The zero-order valence-corrected chi connectivity index (χ0v) is 12.7. The topological polar surface area (TPSA) is 70.1 Å². The Labute approximate surface area is 125 Å². The van der Waals surface area contributed by atoms with E-state index in [4.69, 9.17) is 0 Å². The number of hydrogen-bond acceptors (Lipinski definition) is 5. The van der Waals surface area contributed by atoms with Gasteiger partial charge in [0.2, 0.25) is 0 Å². The Morgan fingerprint density at radius 3 is 2.24 bits per heavy atom. The summed E-state index contributed by atoms with van der Waals surface area (Å²) >= 11 is 0. The third-order valence-corrected chi connectivity index (χ3v) is 2.82. The zero-order chi connectivity index (χ0) is 15.3. The van der Waals surface area contributed by atoms with E-state index < -0.39 is 5.60 Å². The maximum Gasteiger partial charge on any atom is 0.163 e. The maximum absolute atomic E-state index is 9.82. The van der Waals surface area contributed by atoms with E-state index >= 15 is 0 Å². The van der Waals surface area contributed by atoms with Crippen molar-refractivity contribution in [1.82, 2.24) is 9.97 Å². The average Bonchev–Trinajstić information content (AvgIpc) is 2.46. The van der Waals surface area contributed by atoms with Crippen LogP contribution in [0.5, 0.6) is 0 Å². The van der Waals surface area contributed by atoms with Crippen LogP contribution in [-0.4, -0.2) is 33.8 Å². The molecule has 0 bridgehead atoms. The van der Waals surface area contributed by atoms with E-state index in [9.17, 15) is 5.11 Å². The molecule has 0 unspecified atom stereocenters. The third-order valence-electron chi connectivity index (χ3n) is 2.82. The van der Waals surface area contributed by atoms with E-state index in [0.29, 0.717) is 18.2 Å². The SMILES string of the molecule is CCNc1cc(NCC(C)(C)O)nc(-c2ccccc2)n1. The molecular weight excluding hydrogens is 264 g/mol. The van der Waals surface area contributed by atoms with Crippen LogP contribution in [0.2, 0.25) is 0 Å². The lowest BCUT2D eigenvalue weighted by atomic mass is 10.1. The molecule has 1 aromatic heterocycles. The molecule has 0 amide bonds. The summed E-state index contributed by atoms with van der Waals surface area (Å²) in [6, 6.07) is 11.7. The van der Waals surface area contributed by atoms with Crippen molar-refractivity contribution < 1.29 is 5.11 Å². The van der Waals surface area contributed by atoms with Gasteiger partial charge in [-0.05, 0) is 20.8 Å². The zero-order valence-electron chi connectivity index (χ0n) is 12.7. The van der Waals surface area contributed by atoms with Gasteiger partial charge in [0.05, 0.1) is 5.60 Å². The predicted molar refractivity (Wildman–Crippen MR) is 86.4 cm³/mol. The minimum absolute atomic E-state index is 0.420. The molecular formula is C16H22N4O. The van der Waals surface area contributed by atoms with E-state index in [1.54, 1.807) is 13.8 Å². The third kappa shape index (κ3) is 4.72. The monoisotopic (exact) mass is 286 g/mol. The van der Waals surface area contributed by atoms with Gasteiger partial charge in [0.15, 0.2) is 5.82 Å². The Bertz CT molecular complexity index is 579. The molecule has 5 nitrogen and oxygen atoms in total. The van der Waals surface area contributed by atoms with Gasteiger partial charge in [0, 0.05) is 24.7 Å². The van der Waals surface area contributed by atoms with Gasteiger partial charge in [-0.15, -0.1) is 0 Å². The molecule has 0 aliphatic heterocycles. The van der Waals surface area contributed by atoms with E-state index in [1.165, 1.54) is 0 Å². The van der Waals surface area contributed by atoms with E-state index in [0.717, 1.165) is 17.9 Å². The molecule has 1 heterocycles. The lowest BCUT2D eigenvalue weighted by Crippen LogP contribution is -2.29. The Hall–Kier alpha value is -2.14. The van der Waals surface area contributed by atoms with Crippen LogP contribution in [-0.2, 0) is 0 Å². The van der Waals surface area contributed by atoms with E-state index in [1.807, 2.05) is 43.3 Å². The lowest BCUT2D eigenvalue weighted by molar-refractivity contribution is 0.0944. The summed E-state index contributed by atoms with van der Waals surface area (Å²) in [5.74, 6) is 2.12. The summed E-state index contributed by atoms with van der Waals surface area (Å²) in [6.45, 7) is 6.74. The lowest BCUT2D eigenvalue weighted by Gasteiger charge is -2.18. The van der Waals surface area contributed by atoms with Crippen molar-refractivity contribution in [3.63, 3.8) is 0 Å². The largest absolute Gasteiger partial charge is 0.389 e. The molecule has 0 aliphatic rings. The van der Waals surface area contributed by atoms with Crippen LogP contribution in [0.4, 0.5) is 11.6 Å². The summed E-state index contributed by atoms with van der Waals surface area (Å²) in [7, 11) is 0. The van der Waals surface area contributed by atoms with Crippen molar-refractivity contribution in [2.45, 2.75) is 26.4 Å². The van der Waals surface area contributed by atoms with Crippen molar-refractivity contribution >= 4 is 11.6 Å². The molecule has 2 rings (SSSR count). The van der Waals surface area contributed by atoms with Crippen molar-refractivity contribution in [3.8, 4) is 11.4 Å². The van der Waals surface area contributed by atoms with E-state index in [2.05, 4.69) is 20.6 Å². The predicted octanol–water partition coefficient (Wildman–Crippen LogP) is 2.76. The number of nitrogens with one attached hydrogen (secondary N) is 2. The van der Waals surface area contributed by atoms with Crippen LogP contribution in [0.1, 0.15) is 20.8 Å². The summed E-state index contributed by atoms with van der Waals surface area (Å²) in [5, 5.41) is 16.2. The van der Waals surface area contributed by atoms with Crippen LogP contribution in [0, 0.1) is 0 Å². The normalized spacial score (nSPS) is 11.2. The first kappa shape index (κ1) is 15.3. The number of hydrogen-bond donors (Lipinski definition) is 3. The highest BCUT2D eigenvalue weighted by Gasteiger charge is 2.13. The molecule has 0 saturated carbocycles. The van der Waals surface area contributed by atoms with E-state index in [-0.39, 0.29) is 0 Å². The van der Waals surface area contributed by atoms with Gasteiger partial charge >= 0.3 is 0 Å². The standard InChI is InChI=1S/C16H22N4O/c1-4-17-13-10-14(18-11-16(2,3)21)20-15(19-13)12-8-6-5-7-9-12/h5-10,21H,4,11H2,1-3H3,(H2,17,18,19,20). The summed E-state index contributed by atoms with van der Waals surface area (Å²) in [4.78, 5) is 9.03. The fourth-order valence-corrected chi connectivity index (χ4v) is 1.83. The highest BCUT2D eigenvalue weighted by Crippen LogP contribution is 2.20. The van der Waals surface area contributed by atoms with Crippen LogP contribution in [0.3, 0.4) is 0 Å². The molecule has 0 fully saturated rings. The maximum atomic E-state index is 9.82. The number of aromatic nitrogens is 2. The molecule has 112 valence electrons. The van der Waals surface area contributed by atoms with Crippen LogP contribution in [0.15, 0.2) is 36.4 Å². The second kappa shape index (κ2) is 6.54. The fraction of sp³-hybridized carbons (Fsp3) is 0.375. The molecule has 0 aliphatic carbocycles. The number of anilines is 2. The molecule has 0 radical (unpaired) electrons.